The number of likely N-dealkylation sites (tertiary alicyclic amines) is 1. The van der Waals surface area contributed by atoms with Gasteiger partial charge in [-0.25, -0.2) is 0 Å². The minimum absolute atomic E-state index is 0.213. The first-order valence-corrected chi connectivity index (χ1v) is 7.83. The molecule has 1 atom stereocenters. The molecule has 4 heteroatoms. The van der Waals surface area contributed by atoms with Crippen molar-refractivity contribution in [3.8, 4) is 0 Å². The Kier molecular flexibility index (Phi) is 4.85. The molecule has 1 amide bonds. The minimum atomic E-state index is -0.557. The van der Waals surface area contributed by atoms with Crippen molar-refractivity contribution in [2.75, 3.05) is 19.6 Å². The number of piperidine rings is 1. The van der Waals surface area contributed by atoms with E-state index >= 15 is 0 Å². The first-order chi connectivity index (χ1) is 9.03. The van der Waals surface area contributed by atoms with Crippen molar-refractivity contribution >= 4 is 5.91 Å². The van der Waals surface area contributed by atoms with Crippen LogP contribution >= 0.6 is 0 Å². The van der Waals surface area contributed by atoms with Crippen LogP contribution in [0.25, 0.3) is 0 Å². The maximum absolute atomic E-state index is 11.8. The SMILES string of the molecule is CCCC1CCN(CC(C)(NC2CC2)C(N)=O)CC1. The number of carbonyl (C=O) groups excluding carboxylic acids is 1. The van der Waals surface area contributed by atoms with Crippen LogP contribution in [0.1, 0.15) is 52.4 Å². The Bertz CT molecular complexity index is 309. The Morgan fingerprint density at radius 2 is 1.95 bits per heavy atom. The molecular formula is C15H29N3O. The van der Waals surface area contributed by atoms with E-state index in [1.807, 2.05) is 6.92 Å². The maximum Gasteiger partial charge on any atom is 0.238 e. The highest BCUT2D eigenvalue weighted by molar-refractivity contribution is 5.84. The Morgan fingerprint density at radius 1 is 1.32 bits per heavy atom. The lowest BCUT2D eigenvalue weighted by Crippen LogP contribution is -2.61. The summed E-state index contributed by atoms with van der Waals surface area (Å²) in [4.78, 5) is 14.2. The molecule has 1 unspecified atom stereocenters. The molecule has 0 aromatic carbocycles. The van der Waals surface area contributed by atoms with Crippen LogP contribution in [0.2, 0.25) is 0 Å². The van der Waals surface area contributed by atoms with Gasteiger partial charge in [0.15, 0.2) is 0 Å². The number of hydrogen-bond donors (Lipinski definition) is 2. The highest BCUT2D eigenvalue weighted by Crippen LogP contribution is 2.25. The van der Waals surface area contributed by atoms with Gasteiger partial charge in [-0.15, -0.1) is 0 Å². The van der Waals surface area contributed by atoms with Crippen molar-refractivity contribution in [1.29, 1.82) is 0 Å². The lowest BCUT2D eigenvalue weighted by molar-refractivity contribution is -0.124. The molecule has 1 aliphatic heterocycles. The fourth-order valence-electron chi connectivity index (χ4n) is 3.16. The van der Waals surface area contributed by atoms with E-state index in [2.05, 4.69) is 17.1 Å². The van der Waals surface area contributed by atoms with E-state index in [-0.39, 0.29) is 5.91 Å². The molecule has 4 nitrogen and oxygen atoms in total. The second kappa shape index (κ2) is 6.23. The van der Waals surface area contributed by atoms with Crippen molar-refractivity contribution in [2.24, 2.45) is 11.7 Å². The molecule has 1 saturated carbocycles. The van der Waals surface area contributed by atoms with E-state index in [9.17, 15) is 4.79 Å². The third kappa shape index (κ3) is 4.18. The van der Waals surface area contributed by atoms with Gasteiger partial charge in [0.1, 0.15) is 5.54 Å². The lowest BCUT2D eigenvalue weighted by Gasteiger charge is -2.38. The first-order valence-electron chi connectivity index (χ1n) is 7.83. The monoisotopic (exact) mass is 267 g/mol. The third-order valence-corrected chi connectivity index (χ3v) is 4.59. The predicted molar refractivity (Wildman–Crippen MR) is 77.8 cm³/mol. The van der Waals surface area contributed by atoms with Crippen LogP contribution in [0.4, 0.5) is 0 Å². The standard InChI is InChI=1S/C15H29N3O/c1-3-4-12-7-9-18(10-8-12)11-15(2,14(16)19)17-13-5-6-13/h12-13,17H,3-11H2,1-2H3,(H2,16,19). The second-order valence-corrected chi connectivity index (χ2v) is 6.62. The van der Waals surface area contributed by atoms with E-state index in [0.717, 1.165) is 25.6 Å². The summed E-state index contributed by atoms with van der Waals surface area (Å²) < 4.78 is 0. The fraction of sp³-hybridized carbons (Fsp3) is 0.933. The van der Waals surface area contributed by atoms with Gasteiger partial charge in [-0.3, -0.25) is 10.1 Å². The van der Waals surface area contributed by atoms with Gasteiger partial charge in [-0.05, 0) is 51.6 Å². The smallest absolute Gasteiger partial charge is 0.238 e. The highest BCUT2D eigenvalue weighted by atomic mass is 16.1. The number of primary amides is 1. The van der Waals surface area contributed by atoms with Crippen LogP contribution < -0.4 is 11.1 Å². The van der Waals surface area contributed by atoms with Gasteiger partial charge < -0.3 is 10.6 Å². The van der Waals surface area contributed by atoms with E-state index < -0.39 is 5.54 Å². The number of amides is 1. The van der Waals surface area contributed by atoms with Crippen LogP contribution in [0, 0.1) is 5.92 Å². The number of carbonyl (C=O) groups is 1. The summed E-state index contributed by atoms with van der Waals surface area (Å²) in [5, 5.41) is 3.43. The summed E-state index contributed by atoms with van der Waals surface area (Å²) in [5.41, 5.74) is 5.05. The molecule has 0 spiro atoms. The van der Waals surface area contributed by atoms with E-state index in [1.165, 1.54) is 38.5 Å². The number of nitrogens with one attached hydrogen (secondary N) is 1. The molecule has 0 aromatic rings. The Hall–Kier alpha value is -0.610. The molecular weight excluding hydrogens is 238 g/mol. The molecule has 19 heavy (non-hydrogen) atoms. The van der Waals surface area contributed by atoms with Crippen molar-refractivity contribution < 1.29 is 4.79 Å². The molecule has 2 aliphatic rings. The third-order valence-electron chi connectivity index (χ3n) is 4.59. The van der Waals surface area contributed by atoms with Crippen LogP contribution in [0.5, 0.6) is 0 Å². The van der Waals surface area contributed by atoms with Gasteiger partial charge in [-0.1, -0.05) is 19.8 Å². The molecule has 3 N–H and O–H groups in total. The van der Waals surface area contributed by atoms with Crippen molar-refractivity contribution in [3.63, 3.8) is 0 Å². The molecule has 1 heterocycles. The van der Waals surface area contributed by atoms with Crippen LogP contribution in [0.3, 0.4) is 0 Å². The van der Waals surface area contributed by atoms with Crippen LogP contribution in [0.15, 0.2) is 0 Å². The van der Waals surface area contributed by atoms with Gasteiger partial charge >= 0.3 is 0 Å². The average molecular weight is 267 g/mol. The summed E-state index contributed by atoms with van der Waals surface area (Å²) in [6.07, 6.45) is 7.54. The molecule has 1 saturated heterocycles. The zero-order chi connectivity index (χ0) is 13.9. The Morgan fingerprint density at radius 3 is 2.42 bits per heavy atom. The zero-order valence-electron chi connectivity index (χ0n) is 12.5. The maximum atomic E-state index is 11.8. The number of rotatable bonds is 7. The Labute approximate surface area is 117 Å². The summed E-state index contributed by atoms with van der Waals surface area (Å²) in [5.74, 6) is 0.674. The molecule has 2 fully saturated rings. The van der Waals surface area contributed by atoms with E-state index in [4.69, 9.17) is 5.73 Å². The molecule has 0 radical (unpaired) electrons. The largest absolute Gasteiger partial charge is 0.368 e. The van der Waals surface area contributed by atoms with E-state index in [0.29, 0.717) is 6.04 Å². The van der Waals surface area contributed by atoms with Crippen molar-refractivity contribution in [2.45, 2.75) is 64.0 Å². The number of hydrogen-bond acceptors (Lipinski definition) is 3. The highest BCUT2D eigenvalue weighted by Gasteiger charge is 2.38. The van der Waals surface area contributed by atoms with Gasteiger partial charge in [0.05, 0.1) is 0 Å². The van der Waals surface area contributed by atoms with Crippen LogP contribution in [-0.2, 0) is 4.79 Å². The number of nitrogens with two attached hydrogens (primary N) is 1. The quantitative estimate of drug-likeness (QED) is 0.735. The molecule has 0 bridgehead atoms. The second-order valence-electron chi connectivity index (χ2n) is 6.62. The van der Waals surface area contributed by atoms with Crippen molar-refractivity contribution in [1.82, 2.24) is 10.2 Å². The number of nitrogens with zero attached hydrogens (tertiary/aromatic N) is 1. The normalized spacial score (nSPS) is 25.2. The predicted octanol–water partition coefficient (Wildman–Crippen LogP) is 1.49. The van der Waals surface area contributed by atoms with Crippen molar-refractivity contribution in [3.05, 3.63) is 0 Å². The van der Waals surface area contributed by atoms with Gasteiger partial charge in [0.2, 0.25) is 5.91 Å². The minimum Gasteiger partial charge on any atom is -0.368 e. The van der Waals surface area contributed by atoms with Gasteiger partial charge in [-0.2, -0.15) is 0 Å². The first kappa shape index (κ1) is 14.8. The van der Waals surface area contributed by atoms with E-state index in [1.54, 1.807) is 0 Å². The molecule has 1 aliphatic carbocycles. The van der Waals surface area contributed by atoms with Crippen LogP contribution in [-0.4, -0.2) is 42.0 Å². The average Bonchev–Trinajstić information content (AvgIpc) is 3.15. The summed E-state index contributed by atoms with van der Waals surface area (Å²) in [7, 11) is 0. The fourth-order valence-corrected chi connectivity index (χ4v) is 3.16. The summed E-state index contributed by atoms with van der Waals surface area (Å²) in [6, 6.07) is 0.509. The zero-order valence-corrected chi connectivity index (χ0v) is 12.5. The topological polar surface area (TPSA) is 58.4 Å². The lowest BCUT2D eigenvalue weighted by atomic mass is 9.91. The molecule has 0 aromatic heterocycles. The van der Waals surface area contributed by atoms with Gasteiger partial charge in [0, 0.05) is 12.6 Å². The molecule has 2 rings (SSSR count). The summed E-state index contributed by atoms with van der Waals surface area (Å²) in [6.45, 7) is 7.21. The Balaban J connectivity index is 1.83. The molecule has 110 valence electrons. The summed E-state index contributed by atoms with van der Waals surface area (Å²) >= 11 is 0. The van der Waals surface area contributed by atoms with Gasteiger partial charge in [0.25, 0.3) is 0 Å².